The number of ether oxygens (including phenoxy) is 1. The molecule has 0 aliphatic heterocycles. The summed E-state index contributed by atoms with van der Waals surface area (Å²) in [6.45, 7) is 0. The van der Waals surface area contributed by atoms with Gasteiger partial charge in [-0.15, -0.1) is 16.9 Å². The van der Waals surface area contributed by atoms with Gasteiger partial charge in [0.05, 0.1) is 6.20 Å². The fraction of sp³-hybridized carbons (Fsp3) is 0.0833. The van der Waals surface area contributed by atoms with Crippen molar-refractivity contribution in [1.82, 2.24) is 10.2 Å². The van der Waals surface area contributed by atoms with Crippen LogP contribution in [0.1, 0.15) is 5.56 Å². The molecule has 5 heteroatoms. The van der Waals surface area contributed by atoms with Gasteiger partial charge in [0.1, 0.15) is 17.4 Å². The molecule has 0 radical (unpaired) electrons. The van der Waals surface area contributed by atoms with Crippen LogP contribution < -0.4 is 4.74 Å². The predicted molar refractivity (Wildman–Crippen MR) is 65.0 cm³/mol. The zero-order chi connectivity index (χ0) is 12.1. The highest BCUT2D eigenvalue weighted by molar-refractivity contribution is 7.98. The fourth-order valence-electron chi connectivity index (χ4n) is 1.29. The molecule has 0 saturated carbocycles. The lowest BCUT2D eigenvalue weighted by Crippen LogP contribution is -1.94. The molecule has 0 aliphatic rings. The summed E-state index contributed by atoms with van der Waals surface area (Å²) in [5, 5.41) is 16.4. The molecule has 0 aliphatic carbocycles. The van der Waals surface area contributed by atoms with Crippen LogP contribution in [0.5, 0.6) is 11.6 Å². The summed E-state index contributed by atoms with van der Waals surface area (Å²) in [6.07, 6.45) is 3.43. The fourth-order valence-corrected chi connectivity index (χ4v) is 1.81. The number of aromatic nitrogens is 2. The van der Waals surface area contributed by atoms with E-state index in [0.717, 1.165) is 4.90 Å². The Morgan fingerprint density at radius 3 is 2.88 bits per heavy atom. The van der Waals surface area contributed by atoms with Crippen molar-refractivity contribution >= 4 is 11.8 Å². The molecular weight excluding hydrogens is 234 g/mol. The van der Waals surface area contributed by atoms with E-state index >= 15 is 0 Å². The molecule has 2 rings (SSSR count). The number of hydrogen-bond donors (Lipinski definition) is 0. The van der Waals surface area contributed by atoms with E-state index < -0.39 is 0 Å². The van der Waals surface area contributed by atoms with Gasteiger partial charge >= 0.3 is 0 Å². The molecular formula is C12H9N3OS. The molecule has 0 atom stereocenters. The van der Waals surface area contributed by atoms with E-state index in [2.05, 4.69) is 10.2 Å². The van der Waals surface area contributed by atoms with Crippen molar-refractivity contribution < 1.29 is 4.74 Å². The van der Waals surface area contributed by atoms with Gasteiger partial charge in [-0.25, -0.2) is 0 Å². The van der Waals surface area contributed by atoms with Crippen molar-refractivity contribution in [2.75, 3.05) is 6.26 Å². The van der Waals surface area contributed by atoms with Crippen LogP contribution in [0.15, 0.2) is 41.4 Å². The maximum Gasteiger partial charge on any atom is 0.256 e. The summed E-state index contributed by atoms with van der Waals surface area (Å²) in [4.78, 5) is 0.988. The van der Waals surface area contributed by atoms with Gasteiger partial charge in [-0.3, -0.25) is 0 Å². The average Bonchev–Trinajstić information content (AvgIpc) is 2.40. The molecule has 0 unspecified atom stereocenters. The second-order valence-electron chi connectivity index (χ2n) is 3.11. The summed E-state index contributed by atoms with van der Waals surface area (Å²) in [5.74, 6) is 0.911. The Morgan fingerprint density at radius 1 is 1.29 bits per heavy atom. The second kappa shape index (κ2) is 5.32. The van der Waals surface area contributed by atoms with E-state index in [1.807, 2.05) is 36.6 Å². The Balaban J connectivity index is 2.35. The number of rotatable bonds is 3. The molecule has 1 aromatic heterocycles. The van der Waals surface area contributed by atoms with Crippen LogP contribution in [0.2, 0.25) is 0 Å². The van der Waals surface area contributed by atoms with Gasteiger partial charge in [0.25, 0.3) is 5.88 Å². The van der Waals surface area contributed by atoms with Gasteiger partial charge in [-0.1, -0.05) is 12.1 Å². The molecule has 17 heavy (non-hydrogen) atoms. The monoisotopic (exact) mass is 243 g/mol. The van der Waals surface area contributed by atoms with Crippen LogP contribution in [0.25, 0.3) is 0 Å². The zero-order valence-corrected chi connectivity index (χ0v) is 9.94. The topological polar surface area (TPSA) is 58.8 Å². The summed E-state index contributed by atoms with van der Waals surface area (Å²) >= 11 is 1.57. The van der Waals surface area contributed by atoms with E-state index in [1.54, 1.807) is 17.8 Å². The zero-order valence-electron chi connectivity index (χ0n) is 9.12. The highest BCUT2D eigenvalue weighted by Crippen LogP contribution is 2.31. The lowest BCUT2D eigenvalue weighted by molar-refractivity contribution is 0.443. The third kappa shape index (κ3) is 2.55. The largest absolute Gasteiger partial charge is 0.435 e. The number of benzene rings is 1. The quantitative estimate of drug-likeness (QED) is 0.776. The number of nitrogens with zero attached hydrogens (tertiary/aromatic N) is 3. The first-order chi connectivity index (χ1) is 8.35. The van der Waals surface area contributed by atoms with Gasteiger partial charge in [0.15, 0.2) is 0 Å². The Morgan fingerprint density at radius 2 is 2.12 bits per heavy atom. The van der Waals surface area contributed by atoms with Gasteiger partial charge in [-0.2, -0.15) is 10.4 Å². The first kappa shape index (κ1) is 11.4. The average molecular weight is 243 g/mol. The number of nitriles is 1. The number of para-hydroxylation sites is 1. The molecule has 1 aromatic carbocycles. The molecule has 0 amide bonds. The molecule has 0 fully saturated rings. The van der Waals surface area contributed by atoms with Crippen molar-refractivity contribution in [3.05, 3.63) is 42.1 Å². The maximum atomic E-state index is 8.92. The Labute approximate surface area is 103 Å². The van der Waals surface area contributed by atoms with Crippen LogP contribution in [0.3, 0.4) is 0 Å². The first-order valence-electron chi connectivity index (χ1n) is 4.88. The minimum Gasteiger partial charge on any atom is -0.435 e. The molecule has 0 bridgehead atoms. The molecule has 0 spiro atoms. The van der Waals surface area contributed by atoms with Crippen molar-refractivity contribution in [3.63, 3.8) is 0 Å². The maximum absolute atomic E-state index is 8.92. The summed E-state index contributed by atoms with van der Waals surface area (Å²) in [5.41, 5.74) is 0.371. The smallest absolute Gasteiger partial charge is 0.256 e. The normalized spacial score (nSPS) is 9.65. The van der Waals surface area contributed by atoms with Gasteiger partial charge < -0.3 is 4.74 Å². The van der Waals surface area contributed by atoms with Crippen molar-refractivity contribution in [2.45, 2.75) is 4.90 Å². The van der Waals surface area contributed by atoms with Gasteiger partial charge in [0, 0.05) is 4.90 Å². The van der Waals surface area contributed by atoms with Crippen LogP contribution in [0.4, 0.5) is 0 Å². The standard InChI is InChI=1S/C12H9N3OS/c1-17-11-5-3-2-4-10(11)16-12-9(8-13)6-7-14-15-12/h2-7H,1H3. The third-order valence-corrected chi connectivity index (χ3v) is 2.86. The minimum absolute atomic E-state index is 0.233. The Hall–Kier alpha value is -2.06. The number of thioether (sulfide) groups is 1. The Kier molecular flexibility index (Phi) is 3.58. The van der Waals surface area contributed by atoms with Gasteiger partial charge in [-0.05, 0) is 24.5 Å². The van der Waals surface area contributed by atoms with Crippen LogP contribution >= 0.6 is 11.8 Å². The first-order valence-corrected chi connectivity index (χ1v) is 6.10. The molecule has 0 saturated heterocycles. The summed E-state index contributed by atoms with van der Waals surface area (Å²) < 4.78 is 5.61. The SMILES string of the molecule is CSc1ccccc1Oc1nnccc1C#N. The minimum atomic E-state index is 0.233. The van der Waals surface area contributed by atoms with E-state index in [1.165, 1.54) is 6.20 Å². The lowest BCUT2D eigenvalue weighted by Gasteiger charge is -2.08. The van der Waals surface area contributed by atoms with E-state index in [0.29, 0.717) is 11.3 Å². The van der Waals surface area contributed by atoms with Crippen molar-refractivity contribution in [3.8, 4) is 17.7 Å². The highest BCUT2D eigenvalue weighted by atomic mass is 32.2. The summed E-state index contributed by atoms with van der Waals surface area (Å²) in [7, 11) is 0. The number of hydrogen-bond acceptors (Lipinski definition) is 5. The van der Waals surface area contributed by atoms with E-state index in [-0.39, 0.29) is 5.88 Å². The lowest BCUT2D eigenvalue weighted by atomic mass is 10.3. The second-order valence-corrected chi connectivity index (χ2v) is 3.96. The van der Waals surface area contributed by atoms with Crippen LogP contribution in [-0.2, 0) is 0 Å². The molecule has 1 heterocycles. The van der Waals surface area contributed by atoms with Crippen molar-refractivity contribution in [1.29, 1.82) is 5.26 Å². The van der Waals surface area contributed by atoms with E-state index in [9.17, 15) is 0 Å². The van der Waals surface area contributed by atoms with E-state index in [4.69, 9.17) is 10.00 Å². The molecule has 0 N–H and O–H groups in total. The highest BCUT2D eigenvalue weighted by Gasteiger charge is 2.08. The third-order valence-electron chi connectivity index (χ3n) is 2.08. The molecule has 2 aromatic rings. The van der Waals surface area contributed by atoms with Crippen molar-refractivity contribution in [2.24, 2.45) is 0 Å². The van der Waals surface area contributed by atoms with Crippen LogP contribution in [0, 0.1) is 11.3 Å². The molecule has 84 valence electrons. The Bertz CT molecular complexity index is 566. The van der Waals surface area contributed by atoms with Crippen LogP contribution in [-0.4, -0.2) is 16.5 Å². The molecule has 4 nitrogen and oxygen atoms in total. The predicted octanol–water partition coefficient (Wildman–Crippen LogP) is 2.86. The summed E-state index contributed by atoms with van der Waals surface area (Å²) in [6, 6.07) is 11.2. The van der Waals surface area contributed by atoms with Gasteiger partial charge in [0.2, 0.25) is 0 Å².